The Hall–Kier alpha value is -1.13. The van der Waals surface area contributed by atoms with Crippen LogP contribution in [0.25, 0.3) is 0 Å². The van der Waals surface area contributed by atoms with Gasteiger partial charge in [0.25, 0.3) is 0 Å². The molecule has 0 aromatic heterocycles. The number of halogens is 3. The van der Waals surface area contributed by atoms with Crippen LogP contribution in [-0.4, -0.2) is 12.6 Å². The Morgan fingerprint density at radius 3 is 2.16 bits per heavy atom. The summed E-state index contributed by atoms with van der Waals surface area (Å²) in [5, 5.41) is 5.57. The normalized spacial score (nSPS) is 28.2. The maximum absolute atomic E-state index is 6.66. The summed E-state index contributed by atoms with van der Waals surface area (Å²) in [5.74, 6) is 4.84. The number of hydrogen-bond acceptors (Lipinski definition) is 3. The van der Waals surface area contributed by atoms with Crippen LogP contribution in [0.3, 0.4) is 0 Å². The Morgan fingerprint density at radius 1 is 0.875 bits per heavy atom. The van der Waals surface area contributed by atoms with Gasteiger partial charge in [0.1, 0.15) is 6.61 Å². The van der Waals surface area contributed by atoms with Crippen molar-refractivity contribution in [1.82, 2.24) is 5.32 Å². The highest BCUT2D eigenvalue weighted by atomic mass is 35.5. The molecule has 32 heavy (non-hydrogen) atoms. The summed E-state index contributed by atoms with van der Waals surface area (Å²) in [4.78, 5) is 0. The van der Waals surface area contributed by atoms with Crippen molar-refractivity contribution in [2.24, 2.45) is 23.7 Å². The van der Waals surface area contributed by atoms with Crippen molar-refractivity contribution in [3.63, 3.8) is 0 Å². The molecule has 0 heterocycles. The van der Waals surface area contributed by atoms with Crippen LogP contribution in [0.4, 0.5) is 0 Å². The summed E-state index contributed by atoms with van der Waals surface area (Å²) in [6.07, 6.45) is 7.12. The average Bonchev–Trinajstić information content (AvgIpc) is 2.74. The number of nitrogens with one attached hydrogen (secondary N) is 1. The van der Waals surface area contributed by atoms with E-state index in [1.54, 1.807) is 12.1 Å². The first-order valence-corrected chi connectivity index (χ1v) is 12.9. The van der Waals surface area contributed by atoms with E-state index in [0.717, 1.165) is 41.3 Å². The molecule has 1 N–H and O–H groups in total. The summed E-state index contributed by atoms with van der Waals surface area (Å²) in [7, 11) is 0. The zero-order valence-corrected chi connectivity index (χ0v) is 20.6. The van der Waals surface area contributed by atoms with Gasteiger partial charge in [0.15, 0.2) is 11.5 Å². The lowest BCUT2D eigenvalue weighted by Gasteiger charge is -2.54. The van der Waals surface area contributed by atoms with E-state index < -0.39 is 0 Å². The minimum Gasteiger partial charge on any atom is -0.490 e. The van der Waals surface area contributed by atoms with Crippen molar-refractivity contribution < 1.29 is 9.47 Å². The fourth-order valence-electron chi connectivity index (χ4n) is 6.44. The molecule has 2 aromatic rings. The standard InChI is InChI=1S/C26H30Cl3NO2/c1-2-31-24-12-17(13-30-25-18-7-15-6-16(9-18)10-19(25)8-15)11-23(29)26(24)32-14-20-21(27)4-3-5-22(20)28/h3-5,11-12,15-16,18-19,25,30H,2,6-10,13-14H2,1H3. The second-order valence-corrected chi connectivity index (χ2v) is 10.9. The van der Waals surface area contributed by atoms with Crippen LogP contribution < -0.4 is 14.8 Å². The molecule has 0 spiro atoms. The Labute approximate surface area is 205 Å². The molecule has 4 fully saturated rings. The minimum absolute atomic E-state index is 0.226. The number of rotatable bonds is 8. The van der Waals surface area contributed by atoms with Crippen LogP contribution in [-0.2, 0) is 13.2 Å². The van der Waals surface area contributed by atoms with E-state index in [-0.39, 0.29) is 6.61 Å². The molecule has 172 valence electrons. The smallest absolute Gasteiger partial charge is 0.180 e. The number of benzene rings is 2. The van der Waals surface area contributed by atoms with Gasteiger partial charge < -0.3 is 14.8 Å². The largest absolute Gasteiger partial charge is 0.490 e. The van der Waals surface area contributed by atoms with E-state index in [2.05, 4.69) is 5.32 Å². The summed E-state index contributed by atoms with van der Waals surface area (Å²) in [6.45, 7) is 3.52. The van der Waals surface area contributed by atoms with Crippen molar-refractivity contribution in [1.29, 1.82) is 0 Å². The molecule has 3 nitrogen and oxygen atoms in total. The minimum atomic E-state index is 0.226. The van der Waals surface area contributed by atoms with Gasteiger partial charge in [-0.3, -0.25) is 0 Å². The van der Waals surface area contributed by atoms with Crippen molar-refractivity contribution in [2.45, 2.75) is 58.2 Å². The maximum atomic E-state index is 6.66. The third kappa shape index (κ3) is 4.59. The molecule has 4 aliphatic carbocycles. The molecule has 6 heteroatoms. The maximum Gasteiger partial charge on any atom is 0.180 e. The van der Waals surface area contributed by atoms with E-state index >= 15 is 0 Å². The molecule has 6 rings (SSSR count). The molecule has 0 atom stereocenters. The van der Waals surface area contributed by atoms with Crippen LogP contribution in [0.1, 0.15) is 50.2 Å². The lowest BCUT2D eigenvalue weighted by Crippen LogP contribution is -2.54. The SMILES string of the molecule is CCOc1cc(CNC2C3CC4CC(C3)CC2C4)cc(Cl)c1OCc1c(Cl)cccc1Cl. The second-order valence-electron chi connectivity index (χ2n) is 9.66. The molecule has 0 radical (unpaired) electrons. The lowest BCUT2D eigenvalue weighted by atomic mass is 9.54. The predicted octanol–water partition coefficient (Wildman–Crippen LogP) is 7.54. The monoisotopic (exact) mass is 493 g/mol. The van der Waals surface area contributed by atoms with E-state index in [1.165, 1.54) is 32.1 Å². The Bertz CT molecular complexity index is 932. The third-order valence-electron chi connectivity index (χ3n) is 7.56. The first-order valence-electron chi connectivity index (χ1n) is 11.8. The first-order chi connectivity index (χ1) is 15.5. The van der Waals surface area contributed by atoms with Gasteiger partial charge in [-0.05, 0) is 92.5 Å². The summed E-state index contributed by atoms with van der Waals surface area (Å²) in [5.41, 5.74) is 1.86. The van der Waals surface area contributed by atoms with Crippen molar-refractivity contribution in [3.8, 4) is 11.5 Å². The summed E-state index contributed by atoms with van der Waals surface area (Å²) >= 11 is 19.2. The Balaban J connectivity index is 1.29. The molecule has 0 amide bonds. The van der Waals surface area contributed by atoms with Gasteiger partial charge in [-0.2, -0.15) is 0 Å². The van der Waals surface area contributed by atoms with Gasteiger partial charge in [-0.15, -0.1) is 0 Å². The predicted molar refractivity (Wildman–Crippen MR) is 131 cm³/mol. The van der Waals surface area contributed by atoms with Gasteiger partial charge in [0, 0.05) is 28.2 Å². The molecule has 0 unspecified atom stereocenters. The topological polar surface area (TPSA) is 30.5 Å². The van der Waals surface area contributed by atoms with E-state index in [9.17, 15) is 0 Å². The van der Waals surface area contributed by atoms with Crippen molar-refractivity contribution in [2.75, 3.05) is 6.61 Å². The zero-order valence-electron chi connectivity index (χ0n) is 18.4. The molecule has 4 aliphatic rings. The zero-order chi connectivity index (χ0) is 22.2. The lowest BCUT2D eigenvalue weighted by molar-refractivity contribution is -0.0142. The quantitative estimate of drug-likeness (QED) is 0.411. The molecule has 0 saturated heterocycles. The molecular weight excluding hydrogens is 465 g/mol. The van der Waals surface area contributed by atoms with Crippen molar-refractivity contribution in [3.05, 3.63) is 56.5 Å². The summed E-state index contributed by atoms with van der Waals surface area (Å²) in [6, 6.07) is 10.1. The molecule has 0 aliphatic heterocycles. The molecule has 4 saturated carbocycles. The second kappa shape index (κ2) is 9.62. The van der Waals surface area contributed by atoms with Crippen LogP contribution >= 0.6 is 34.8 Å². The van der Waals surface area contributed by atoms with Gasteiger partial charge in [0.05, 0.1) is 11.6 Å². The van der Waals surface area contributed by atoms with Crippen LogP contribution in [0.15, 0.2) is 30.3 Å². The van der Waals surface area contributed by atoms with Crippen LogP contribution in [0.5, 0.6) is 11.5 Å². The Morgan fingerprint density at radius 2 is 1.53 bits per heavy atom. The number of hydrogen-bond donors (Lipinski definition) is 1. The van der Waals surface area contributed by atoms with Crippen LogP contribution in [0.2, 0.25) is 15.1 Å². The van der Waals surface area contributed by atoms with Gasteiger partial charge >= 0.3 is 0 Å². The third-order valence-corrected chi connectivity index (χ3v) is 8.55. The highest BCUT2D eigenvalue weighted by Crippen LogP contribution is 2.53. The molecule has 4 bridgehead atoms. The highest BCUT2D eigenvalue weighted by Gasteiger charge is 2.47. The van der Waals surface area contributed by atoms with Gasteiger partial charge in [-0.1, -0.05) is 40.9 Å². The van der Waals surface area contributed by atoms with E-state index in [0.29, 0.717) is 39.2 Å². The fraction of sp³-hybridized carbons (Fsp3) is 0.538. The fourth-order valence-corrected chi connectivity index (χ4v) is 7.23. The summed E-state index contributed by atoms with van der Waals surface area (Å²) < 4.78 is 11.9. The number of ether oxygens (including phenoxy) is 2. The van der Waals surface area contributed by atoms with Crippen LogP contribution in [0, 0.1) is 23.7 Å². The molecule has 2 aromatic carbocycles. The average molecular weight is 495 g/mol. The molecular formula is C26H30Cl3NO2. The first kappa shape index (κ1) is 22.7. The highest BCUT2D eigenvalue weighted by molar-refractivity contribution is 6.36. The van der Waals surface area contributed by atoms with Gasteiger partial charge in [0.2, 0.25) is 0 Å². The van der Waals surface area contributed by atoms with E-state index in [1.807, 2.05) is 25.1 Å². The Kier molecular flexibility index (Phi) is 6.81. The van der Waals surface area contributed by atoms with E-state index in [4.69, 9.17) is 44.3 Å². The van der Waals surface area contributed by atoms with Gasteiger partial charge in [-0.25, -0.2) is 0 Å². The van der Waals surface area contributed by atoms with Crippen molar-refractivity contribution >= 4 is 34.8 Å².